The summed E-state index contributed by atoms with van der Waals surface area (Å²) in [5.41, 5.74) is 2.34. The Morgan fingerprint density at radius 3 is 2.27 bits per heavy atom. The quantitative estimate of drug-likeness (QED) is 0.349. The number of esters is 1. The highest BCUT2D eigenvalue weighted by molar-refractivity contribution is 6.14. The van der Waals surface area contributed by atoms with Gasteiger partial charge in [0.15, 0.2) is 5.92 Å². The van der Waals surface area contributed by atoms with Gasteiger partial charge in [-0.25, -0.2) is 4.39 Å². The summed E-state index contributed by atoms with van der Waals surface area (Å²) >= 11 is 0. The lowest BCUT2D eigenvalue weighted by atomic mass is 9.81. The summed E-state index contributed by atoms with van der Waals surface area (Å²) in [5, 5.41) is 0. The fourth-order valence-electron chi connectivity index (χ4n) is 3.58. The zero-order chi connectivity index (χ0) is 21.1. The summed E-state index contributed by atoms with van der Waals surface area (Å²) in [6.45, 7) is 0.439. The highest BCUT2D eigenvalue weighted by atomic mass is 19.1. The maximum Gasteiger partial charge on any atom is 0.320 e. The molecule has 0 aliphatic carbocycles. The van der Waals surface area contributed by atoms with E-state index in [1.807, 2.05) is 42.5 Å². The topological polar surface area (TPSA) is 55.8 Å². The second-order valence-corrected chi connectivity index (χ2v) is 6.97. The van der Waals surface area contributed by atoms with Crippen molar-refractivity contribution in [3.8, 4) is 5.75 Å². The van der Waals surface area contributed by atoms with Crippen molar-refractivity contribution in [3.05, 3.63) is 95.8 Å². The molecule has 152 valence electrons. The monoisotopic (exact) mass is 405 g/mol. The SMILES string of the molecule is COC(=O)C1C(=O)N(c2ccc(F)cc2)[C@@H]1c1ccc(OCc2ccccc2)cc1. The molecule has 4 rings (SSSR count). The van der Waals surface area contributed by atoms with Crippen LogP contribution in [0.2, 0.25) is 0 Å². The average Bonchev–Trinajstić information content (AvgIpc) is 2.78. The summed E-state index contributed by atoms with van der Waals surface area (Å²) in [6.07, 6.45) is 0. The van der Waals surface area contributed by atoms with Crippen LogP contribution in [0.5, 0.6) is 5.75 Å². The lowest BCUT2D eigenvalue weighted by molar-refractivity contribution is -0.155. The fraction of sp³-hybridized carbons (Fsp3) is 0.167. The number of carbonyl (C=O) groups is 2. The number of hydrogen-bond acceptors (Lipinski definition) is 4. The number of amides is 1. The van der Waals surface area contributed by atoms with Crippen LogP contribution in [-0.2, 0) is 20.9 Å². The number of benzene rings is 3. The normalized spacial score (nSPS) is 17.9. The van der Waals surface area contributed by atoms with Gasteiger partial charge >= 0.3 is 5.97 Å². The Kier molecular flexibility index (Phi) is 5.48. The number of hydrogen-bond donors (Lipinski definition) is 0. The fourth-order valence-corrected chi connectivity index (χ4v) is 3.58. The van der Waals surface area contributed by atoms with E-state index in [9.17, 15) is 14.0 Å². The maximum absolute atomic E-state index is 13.3. The molecule has 0 bridgehead atoms. The molecule has 1 heterocycles. The van der Waals surface area contributed by atoms with Crippen molar-refractivity contribution in [2.24, 2.45) is 5.92 Å². The second kappa shape index (κ2) is 8.37. The van der Waals surface area contributed by atoms with Gasteiger partial charge in [0, 0.05) is 5.69 Å². The van der Waals surface area contributed by atoms with Gasteiger partial charge in [-0.2, -0.15) is 0 Å². The molecule has 1 saturated heterocycles. The first-order chi connectivity index (χ1) is 14.6. The van der Waals surface area contributed by atoms with Crippen LogP contribution in [0.4, 0.5) is 10.1 Å². The van der Waals surface area contributed by atoms with Crippen molar-refractivity contribution in [2.45, 2.75) is 12.6 Å². The number of halogens is 1. The van der Waals surface area contributed by atoms with Crippen LogP contribution in [0.15, 0.2) is 78.9 Å². The Labute approximate surface area is 173 Å². The molecule has 30 heavy (non-hydrogen) atoms. The average molecular weight is 405 g/mol. The van der Waals surface area contributed by atoms with Crippen molar-refractivity contribution in [3.63, 3.8) is 0 Å². The van der Waals surface area contributed by atoms with Crippen molar-refractivity contribution in [1.82, 2.24) is 0 Å². The number of rotatable bonds is 6. The van der Waals surface area contributed by atoms with E-state index in [2.05, 4.69) is 0 Å². The molecule has 0 spiro atoms. The largest absolute Gasteiger partial charge is 0.489 e. The first-order valence-corrected chi connectivity index (χ1v) is 9.51. The molecule has 0 aromatic heterocycles. The van der Waals surface area contributed by atoms with Crippen LogP contribution in [0, 0.1) is 11.7 Å². The zero-order valence-electron chi connectivity index (χ0n) is 16.3. The van der Waals surface area contributed by atoms with Gasteiger partial charge in [-0.15, -0.1) is 0 Å². The standard InChI is InChI=1S/C24H20FNO4/c1-29-24(28)21-22(26(23(21)27)19-11-9-18(25)10-12-19)17-7-13-20(14-8-17)30-15-16-5-3-2-4-6-16/h2-14,21-22H,15H2,1H3/t21?,22-/m1/s1. The van der Waals surface area contributed by atoms with Gasteiger partial charge in [-0.1, -0.05) is 42.5 Å². The zero-order valence-corrected chi connectivity index (χ0v) is 16.3. The Balaban J connectivity index is 1.56. The molecular weight excluding hydrogens is 385 g/mol. The van der Waals surface area contributed by atoms with Gasteiger partial charge in [0.05, 0.1) is 13.2 Å². The van der Waals surface area contributed by atoms with Gasteiger partial charge in [0.25, 0.3) is 0 Å². The maximum atomic E-state index is 13.3. The van der Waals surface area contributed by atoms with Gasteiger partial charge < -0.3 is 14.4 Å². The molecule has 0 N–H and O–H groups in total. The second-order valence-electron chi connectivity index (χ2n) is 6.97. The van der Waals surface area contributed by atoms with E-state index in [1.165, 1.54) is 36.3 Å². The highest BCUT2D eigenvalue weighted by Gasteiger charge is 2.53. The van der Waals surface area contributed by atoms with E-state index >= 15 is 0 Å². The van der Waals surface area contributed by atoms with Crippen LogP contribution >= 0.6 is 0 Å². The lowest BCUT2D eigenvalue weighted by Gasteiger charge is -2.45. The molecule has 3 aromatic rings. The first kappa shape index (κ1) is 19.6. The highest BCUT2D eigenvalue weighted by Crippen LogP contribution is 2.44. The molecule has 1 fully saturated rings. The van der Waals surface area contributed by atoms with E-state index in [0.29, 0.717) is 18.0 Å². The molecule has 2 atom stereocenters. The molecule has 6 heteroatoms. The van der Waals surface area contributed by atoms with Crippen molar-refractivity contribution in [2.75, 3.05) is 12.0 Å². The van der Waals surface area contributed by atoms with Crippen LogP contribution in [0.1, 0.15) is 17.2 Å². The van der Waals surface area contributed by atoms with Crippen LogP contribution in [-0.4, -0.2) is 19.0 Å². The van der Waals surface area contributed by atoms with Gasteiger partial charge in [0.2, 0.25) is 5.91 Å². The number of β-lactam (4-membered cyclic amide) rings is 1. The third-order valence-corrected chi connectivity index (χ3v) is 5.13. The predicted octanol–water partition coefficient (Wildman–Crippen LogP) is 4.28. The molecule has 0 radical (unpaired) electrons. The molecule has 1 unspecified atom stereocenters. The molecule has 3 aromatic carbocycles. The lowest BCUT2D eigenvalue weighted by Crippen LogP contribution is -2.58. The van der Waals surface area contributed by atoms with E-state index in [4.69, 9.17) is 9.47 Å². The van der Waals surface area contributed by atoms with Crippen LogP contribution in [0.25, 0.3) is 0 Å². The predicted molar refractivity (Wildman–Crippen MR) is 109 cm³/mol. The summed E-state index contributed by atoms with van der Waals surface area (Å²) in [5.74, 6) is -1.62. The summed E-state index contributed by atoms with van der Waals surface area (Å²) in [7, 11) is 1.26. The minimum absolute atomic E-state index is 0.372. The summed E-state index contributed by atoms with van der Waals surface area (Å²) < 4.78 is 23.9. The van der Waals surface area contributed by atoms with Gasteiger partial charge in [-0.05, 0) is 47.5 Å². The molecule has 1 amide bonds. The Hall–Kier alpha value is -3.67. The number of methoxy groups -OCH3 is 1. The Morgan fingerprint density at radius 1 is 0.967 bits per heavy atom. The number of ether oxygens (including phenoxy) is 2. The van der Waals surface area contributed by atoms with Crippen LogP contribution < -0.4 is 9.64 Å². The van der Waals surface area contributed by atoms with Crippen LogP contribution in [0.3, 0.4) is 0 Å². The van der Waals surface area contributed by atoms with Crippen molar-refractivity contribution < 1.29 is 23.5 Å². The smallest absolute Gasteiger partial charge is 0.320 e. The molecule has 1 aliphatic heterocycles. The van der Waals surface area contributed by atoms with Crippen molar-refractivity contribution in [1.29, 1.82) is 0 Å². The summed E-state index contributed by atoms with van der Waals surface area (Å²) in [4.78, 5) is 26.3. The number of nitrogens with zero attached hydrogens (tertiary/aromatic N) is 1. The van der Waals surface area contributed by atoms with Crippen molar-refractivity contribution >= 4 is 17.6 Å². The Bertz CT molecular complexity index is 1040. The minimum atomic E-state index is -0.934. The van der Waals surface area contributed by atoms with E-state index in [1.54, 1.807) is 12.1 Å². The van der Waals surface area contributed by atoms with Gasteiger partial charge in [0.1, 0.15) is 18.2 Å². The molecular formula is C24H20FNO4. The summed E-state index contributed by atoms with van der Waals surface area (Å²) in [6, 6.07) is 22.1. The first-order valence-electron chi connectivity index (χ1n) is 9.51. The third-order valence-electron chi connectivity index (χ3n) is 5.13. The molecule has 0 saturated carbocycles. The molecule has 1 aliphatic rings. The molecule has 5 nitrogen and oxygen atoms in total. The third kappa shape index (κ3) is 3.76. The Morgan fingerprint density at radius 2 is 1.63 bits per heavy atom. The van der Waals surface area contributed by atoms with E-state index in [-0.39, 0.29) is 5.91 Å². The minimum Gasteiger partial charge on any atom is -0.489 e. The van der Waals surface area contributed by atoms with E-state index in [0.717, 1.165) is 11.1 Å². The van der Waals surface area contributed by atoms with Gasteiger partial charge in [-0.3, -0.25) is 9.59 Å². The number of carbonyl (C=O) groups excluding carboxylic acids is 2. The number of anilines is 1. The van der Waals surface area contributed by atoms with E-state index < -0.39 is 23.7 Å².